The van der Waals surface area contributed by atoms with Crippen LogP contribution >= 0.6 is 11.6 Å². The number of rotatable bonds is 3. The number of piperidine rings is 1. The normalized spacial score (nSPS) is 21.6. The predicted molar refractivity (Wildman–Crippen MR) is 95.0 cm³/mol. The maximum atomic E-state index is 12.9. The maximum absolute atomic E-state index is 12.9. The molecule has 1 saturated carbocycles. The van der Waals surface area contributed by atoms with Crippen molar-refractivity contribution in [3.8, 4) is 11.4 Å². The van der Waals surface area contributed by atoms with Crippen molar-refractivity contribution in [2.75, 3.05) is 6.54 Å². The standard InChI is InChI=1S/C19H22ClN3O2/c20-15-10-8-13(9-11-15)17-21-18(25-22-17)16-7-3-4-12-23(16)19(24)14-5-1-2-6-14/h8-11,14,16H,1-7,12H2/t16-/m1/s1. The van der Waals surface area contributed by atoms with Gasteiger partial charge in [-0.1, -0.05) is 29.6 Å². The van der Waals surface area contributed by atoms with Gasteiger partial charge in [-0.25, -0.2) is 0 Å². The average Bonchev–Trinajstić information content (AvgIpc) is 3.34. The Morgan fingerprint density at radius 1 is 1.08 bits per heavy atom. The molecule has 2 aromatic rings. The number of halogens is 1. The van der Waals surface area contributed by atoms with Gasteiger partial charge in [0.05, 0.1) is 0 Å². The van der Waals surface area contributed by atoms with Crippen LogP contribution in [0.5, 0.6) is 0 Å². The lowest BCUT2D eigenvalue weighted by atomic mass is 9.98. The fourth-order valence-electron chi connectivity index (χ4n) is 3.95. The number of likely N-dealkylation sites (tertiary alicyclic amines) is 1. The van der Waals surface area contributed by atoms with Crippen molar-refractivity contribution in [3.63, 3.8) is 0 Å². The summed E-state index contributed by atoms with van der Waals surface area (Å²) in [6.07, 6.45) is 7.38. The number of benzene rings is 1. The second-order valence-electron chi connectivity index (χ2n) is 6.99. The number of carbonyl (C=O) groups is 1. The molecule has 132 valence electrons. The molecule has 0 bridgehead atoms. The first-order valence-corrected chi connectivity index (χ1v) is 9.50. The van der Waals surface area contributed by atoms with E-state index in [2.05, 4.69) is 10.1 Å². The van der Waals surface area contributed by atoms with Gasteiger partial charge in [0.15, 0.2) is 0 Å². The lowest BCUT2D eigenvalue weighted by Gasteiger charge is -2.35. The summed E-state index contributed by atoms with van der Waals surface area (Å²) >= 11 is 5.93. The van der Waals surface area contributed by atoms with Crippen LogP contribution in [0.3, 0.4) is 0 Å². The SMILES string of the molecule is O=C(C1CCCC1)N1CCCC[C@@H]1c1nc(-c2ccc(Cl)cc2)no1. The lowest BCUT2D eigenvalue weighted by Crippen LogP contribution is -2.41. The van der Waals surface area contributed by atoms with Crippen LogP contribution in [0, 0.1) is 5.92 Å². The van der Waals surface area contributed by atoms with Gasteiger partial charge in [-0.15, -0.1) is 0 Å². The molecule has 0 spiro atoms. The maximum Gasteiger partial charge on any atom is 0.249 e. The molecule has 1 aromatic heterocycles. The number of hydrogen-bond acceptors (Lipinski definition) is 4. The third-order valence-corrected chi connectivity index (χ3v) is 5.57. The van der Waals surface area contributed by atoms with Crippen molar-refractivity contribution in [1.29, 1.82) is 0 Å². The van der Waals surface area contributed by atoms with Crippen LogP contribution < -0.4 is 0 Å². The van der Waals surface area contributed by atoms with Crippen molar-refractivity contribution in [2.45, 2.75) is 51.0 Å². The molecule has 1 aromatic carbocycles. The number of nitrogens with zero attached hydrogens (tertiary/aromatic N) is 3. The highest BCUT2D eigenvalue weighted by Gasteiger charge is 2.36. The molecule has 0 radical (unpaired) electrons. The summed E-state index contributed by atoms with van der Waals surface area (Å²) in [4.78, 5) is 19.5. The summed E-state index contributed by atoms with van der Waals surface area (Å²) in [5.74, 6) is 1.55. The molecule has 2 heterocycles. The molecule has 1 amide bonds. The molecule has 1 atom stereocenters. The first-order chi connectivity index (χ1) is 12.2. The van der Waals surface area contributed by atoms with E-state index in [-0.39, 0.29) is 17.9 Å². The number of carbonyl (C=O) groups excluding carboxylic acids is 1. The first kappa shape index (κ1) is 16.6. The van der Waals surface area contributed by atoms with E-state index in [1.807, 2.05) is 29.2 Å². The van der Waals surface area contributed by atoms with Crippen LogP contribution in [0.4, 0.5) is 0 Å². The molecule has 1 aliphatic carbocycles. The summed E-state index contributed by atoms with van der Waals surface area (Å²) < 4.78 is 5.54. The van der Waals surface area contributed by atoms with E-state index < -0.39 is 0 Å². The molecule has 0 unspecified atom stereocenters. The van der Waals surface area contributed by atoms with E-state index in [1.165, 1.54) is 0 Å². The molecule has 2 fully saturated rings. The van der Waals surface area contributed by atoms with Crippen molar-refractivity contribution in [3.05, 3.63) is 35.2 Å². The zero-order chi connectivity index (χ0) is 17.2. The average molecular weight is 360 g/mol. The van der Waals surface area contributed by atoms with E-state index in [0.717, 1.165) is 57.1 Å². The number of amides is 1. The Labute approximate surface area is 152 Å². The van der Waals surface area contributed by atoms with Crippen LogP contribution in [0.25, 0.3) is 11.4 Å². The molecule has 1 aliphatic heterocycles. The Kier molecular flexibility index (Phi) is 4.75. The van der Waals surface area contributed by atoms with E-state index in [4.69, 9.17) is 16.1 Å². The second kappa shape index (κ2) is 7.16. The Bertz CT molecular complexity index is 737. The summed E-state index contributed by atoms with van der Waals surface area (Å²) in [7, 11) is 0. The van der Waals surface area contributed by atoms with Crippen LogP contribution in [-0.2, 0) is 4.79 Å². The summed E-state index contributed by atoms with van der Waals surface area (Å²) in [5, 5.41) is 4.79. The van der Waals surface area contributed by atoms with Gasteiger partial charge in [-0.3, -0.25) is 4.79 Å². The van der Waals surface area contributed by atoms with E-state index in [9.17, 15) is 4.79 Å². The number of hydrogen-bond donors (Lipinski definition) is 0. The number of aromatic nitrogens is 2. The molecule has 2 aliphatic rings. The van der Waals surface area contributed by atoms with Gasteiger partial charge in [0.2, 0.25) is 17.6 Å². The zero-order valence-corrected chi connectivity index (χ0v) is 14.9. The molecular weight excluding hydrogens is 338 g/mol. The van der Waals surface area contributed by atoms with E-state index in [0.29, 0.717) is 16.7 Å². The van der Waals surface area contributed by atoms with Crippen LogP contribution in [0.1, 0.15) is 56.9 Å². The molecule has 6 heteroatoms. The summed E-state index contributed by atoms with van der Waals surface area (Å²) in [6, 6.07) is 7.28. The smallest absolute Gasteiger partial charge is 0.249 e. The van der Waals surface area contributed by atoms with Crippen LogP contribution in [0.2, 0.25) is 5.02 Å². The van der Waals surface area contributed by atoms with Crippen LogP contribution in [0.15, 0.2) is 28.8 Å². The van der Waals surface area contributed by atoms with Crippen molar-refractivity contribution >= 4 is 17.5 Å². The molecule has 0 N–H and O–H groups in total. The highest BCUT2D eigenvalue weighted by atomic mass is 35.5. The zero-order valence-electron chi connectivity index (χ0n) is 14.2. The van der Waals surface area contributed by atoms with Crippen molar-refractivity contribution in [1.82, 2.24) is 15.0 Å². The van der Waals surface area contributed by atoms with Gasteiger partial charge in [-0.2, -0.15) is 4.98 Å². The molecule has 4 rings (SSSR count). The highest BCUT2D eigenvalue weighted by molar-refractivity contribution is 6.30. The fraction of sp³-hybridized carbons (Fsp3) is 0.526. The Morgan fingerprint density at radius 3 is 2.56 bits per heavy atom. The second-order valence-corrected chi connectivity index (χ2v) is 7.42. The van der Waals surface area contributed by atoms with Gasteiger partial charge < -0.3 is 9.42 Å². The van der Waals surface area contributed by atoms with E-state index in [1.54, 1.807) is 0 Å². The third-order valence-electron chi connectivity index (χ3n) is 5.32. The van der Waals surface area contributed by atoms with Crippen molar-refractivity contribution < 1.29 is 9.32 Å². The minimum atomic E-state index is -0.0876. The van der Waals surface area contributed by atoms with Crippen LogP contribution in [-0.4, -0.2) is 27.5 Å². The summed E-state index contributed by atoms with van der Waals surface area (Å²) in [5.41, 5.74) is 0.865. The van der Waals surface area contributed by atoms with E-state index >= 15 is 0 Å². The largest absolute Gasteiger partial charge is 0.337 e. The van der Waals surface area contributed by atoms with Gasteiger partial charge in [0, 0.05) is 23.0 Å². The molecular formula is C19H22ClN3O2. The topological polar surface area (TPSA) is 59.2 Å². The minimum absolute atomic E-state index is 0.0876. The molecule has 1 saturated heterocycles. The monoisotopic (exact) mass is 359 g/mol. The Balaban J connectivity index is 1.56. The Morgan fingerprint density at radius 2 is 1.80 bits per heavy atom. The molecule has 25 heavy (non-hydrogen) atoms. The highest BCUT2D eigenvalue weighted by Crippen LogP contribution is 2.35. The predicted octanol–water partition coefficient (Wildman–Crippen LogP) is 4.63. The van der Waals surface area contributed by atoms with Crippen molar-refractivity contribution in [2.24, 2.45) is 5.92 Å². The quantitative estimate of drug-likeness (QED) is 0.801. The fourth-order valence-corrected chi connectivity index (χ4v) is 4.07. The first-order valence-electron chi connectivity index (χ1n) is 9.12. The van der Waals surface area contributed by atoms with Gasteiger partial charge in [0.1, 0.15) is 6.04 Å². The third kappa shape index (κ3) is 3.43. The Hall–Kier alpha value is -1.88. The lowest BCUT2D eigenvalue weighted by molar-refractivity contribution is -0.140. The van der Waals surface area contributed by atoms with Gasteiger partial charge >= 0.3 is 0 Å². The van der Waals surface area contributed by atoms with Gasteiger partial charge in [0.25, 0.3) is 0 Å². The van der Waals surface area contributed by atoms with Gasteiger partial charge in [-0.05, 0) is 56.4 Å². The minimum Gasteiger partial charge on any atom is -0.337 e. The molecule has 5 nitrogen and oxygen atoms in total. The summed E-state index contributed by atoms with van der Waals surface area (Å²) in [6.45, 7) is 0.790.